The van der Waals surface area contributed by atoms with E-state index in [1.807, 2.05) is 36.2 Å². The van der Waals surface area contributed by atoms with E-state index in [4.69, 9.17) is 0 Å². The number of likely N-dealkylation sites (N-methyl/N-ethyl adjacent to an activating group) is 1. The van der Waals surface area contributed by atoms with Crippen LogP contribution in [0.2, 0.25) is 0 Å². The molecule has 0 atom stereocenters. The van der Waals surface area contributed by atoms with Crippen LogP contribution in [0.5, 0.6) is 0 Å². The molecule has 1 aliphatic heterocycles. The lowest BCUT2D eigenvalue weighted by Gasteiger charge is -2.28. The van der Waals surface area contributed by atoms with Crippen molar-refractivity contribution in [3.8, 4) is 0 Å². The lowest BCUT2D eigenvalue weighted by atomic mass is 9.99. The van der Waals surface area contributed by atoms with E-state index < -0.39 is 0 Å². The molecule has 3 heteroatoms. The number of hydrogen-bond donors (Lipinski definition) is 0. The average Bonchev–Trinajstić information content (AvgIpc) is 2.63. The first-order valence-electron chi connectivity index (χ1n) is 8.47. The maximum Gasteiger partial charge on any atom is 0.237 e. The topological polar surface area (TPSA) is 23.6 Å². The van der Waals surface area contributed by atoms with Crippen LogP contribution in [0.3, 0.4) is 0 Å². The largest absolute Gasteiger partial charge is 0.338 e. The third kappa shape index (κ3) is 4.33. The highest BCUT2D eigenvalue weighted by atomic mass is 16.2. The molecule has 1 amide bonds. The first-order chi connectivity index (χ1) is 11.7. The summed E-state index contributed by atoms with van der Waals surface area (Å²) in [5.74, 6) is 0.205. The molecule has 2 aromatic rings. The van der Waals surface area contributed by atoms with Crippen LogP contribution < -0.4 is 0 Å². The molecule has 0 saturated heterocycles. The predicted octanol–water partition coefficient (Wildman–Crippen LogP) is 3.43. The van der Waals surface area contributed by atoms with Crippen molar-refractivity contribution >= 4 is 11.5 Å². The first-order valence-corrected chi connectivity index (χ1v) is 8.47. The van der Waals surface area contributed by atoms with Gasteiger partial charge >= 0.3 is 0 Å². The number of hydrogen-bond acceptors (Lipinski definition) is 2. The summed E-state index contributed by atoms with van der Waals surface area (Å²) in [6, 6.07) is 20.7. The minimum atomic E-state index is 0.205. The fraction of sp³-hybridized carbons (Fsp3) is 0.286. The Balaban J connectivity index is 1.52. The number of carbonyl (C=O) groups excluding carboxylic acids is 1. The maximum absolute atomic E-state index is 12.5. The number of rotatable bonds is 5. The Labute approximate surface area is 144 Å². The quantitative estimate of drug-likeness (QED) is 0.842. The number of benzene rings is 2. The fourth-order valence-corrected chi connectivity index (χ4v) is 3.09. The molecular formula is C21H24N2O. The van der Waals surface area contributed by atoms with Gasteiger partial charge in [-0.1, -0.05) is 66.7 Å². The molecule has 0 aliphatic carbocycles. The van der Waals surface area contributed by atoms with Gasteiger partial charge in [0, 0.05) is 19.6 Å². The van der Waals surface area contributed by atoms with Crippen LogP contribution in [0.1, 0.15) is 17.5 Å². The van der Waals surface area contributed by atoms with E-state index in [-0.39, 0.29) is 5.91 Å². The van der Waals surface area contributed by atoms with Crippen molar-refractivity contribution in [1.29, 1.82) is 0 Å². The van der Waals surface area contributed by atoms with Gasteiger partial charge in [-0.25, -0.2) is 0 Å². The normalized spacial score (nSPS) is 14.6. The Bertz CT molecular complexity index is 694. The highest BCUT2D eigenvalue weighted by Gasteiger charge is 2.19. The van der Waals surface area contributed by atoms with E-state index in [1.54, 1.807) is 0 Å². The van der Waals surface area contributed by atoms with Crippen LogP contribution in [-0.4, -0.2) is 42.4 Å². The van der Waals surface area contributed by atoms with E-state index in [9.17, 15) is 4.79 Å². The van der Waals surface area contributed by atoms with E-state index in [1.165, 1.54) is 16.7 Å². The zero-order valence-corrected chi connectivity index (χ0v) is 14.2. The van der Waals surface area contributed by atoms with Crippen LogP contribution in [0.25, 0.3) is 5.57 Å². The van der Waals surface area contributed by atoms with Crippen molar-refractivity contribution in [1.82, 2.24) is 9.80 Å². The molecule has 0 saturated carbocycles. The van der Waals surface area contributed by atoms with Crippen LogP contribution in [0.4, 0.5) is 0 Å². The summed E-state index contributed by atoms with van der Waals surface area (Å²) < 4.78 is 0. The molecule has 3 nitrogen and oxygen atoms in total. The summed E-state index contributed by atoms with van der Waals surface area (Å²) in [7, 11) is 2.00. The average molecular weight is 320 g/mol. The molecule has 124 valence electrons. The minimum absolute atomic E-state index is 0.205. The summed E-state index contributed by atoms with van der Waals surface area (Å²) in [5.41, 5.74) is 3.85. The van der Waals surface area contributed by atoms with Gasteiger partial charge in [0.2, 0.25) is 5.91 Å². The molecule has 0 bridgehead atoms. The summed E-state index contributed by atoms with van der Waals surface area (Å²) in [4.78, 5) is 16.5. The first kappa shape index (κ1) is 16.5. The zero-order valence-electron chi connectivity index (χ0n) is 14.2. The Morgan fingerprint density at radius 1 is 1.04 bits per heavy atom. The van der Waals surface area contributed by atoms with Crippen molar-refractivity contribution in [2.45, 2.75) is 13.0 Å². The van der Waals surface area contributed by atoms with Crippen LogP contribution >= 0.6 is 0 Å². The summed E-state index contributed by atoms with van der Waals surface area (Å²) >= 11 is 0. The third-order valence-corrected chi connectivity index (χ3v) is 4.41. The van der Waals surface area contributed by atoms with E-state index in [0.717, 1.165) is 19.5 Å². The highest BCUT2D eigenvalue weighted by Crippen LogP contribution is 2.22. The molecular weight excluding hydrogens is 296 g/mol. The summed E-state index contributed by atoms with van der Waals surface area (Å²) in [6.07, 6.45) is 3.12. The molecule has 2 aromatic carbocycles. The molecule has 0 spiro atoms. The molecule has 3 rings (SSSR count). The van der Waals surface area contributed by atoms with Crippen LogP contribution in [-0.2, 0) is 11.3 Å². The van der Waals surface area contributed by atoms with Gasteiger partial charge < -0.3 is 4.90 Å². The smallest absolute Gasteiger partial charge is 0.237 e. The SMILES string of the molecule is CN(CC(=O)N1CC=C(c2ccccc2)CC1)Cc1ccccc1. The van der Waals surface area contributed by atoms with E-state index in [2.05, 4.69) is 47.4 Å². The van der Waals surface area contributed by atoms with Crippen molar-refractivity contribution in [2.24, 2.45) is 0 Å². The molecule has 0 N–H and O–H groups in total. The van der Waals surface area contributed by atoms with Crippen molar-refractivity contribution < 1.29 is 4.79 Å². The summed E-state index contributed by atoms with van der Waals surface area (Å²) in [5, 5.41) is 0. The van der Waals surface area contributed by atoms with Gasteiger partial charge in [0.25, 0.3) is 0 Å². The number of amides is 1. The van der Waals surface area contributed by atoms with Gasteiger partial charge in [-0.15, -0.1) is 0 Å². The zero-order chi connectivity index (χ0) is 16.8. The molecule has 1 heterocycles. The van der Waals surface area contributed by atoms with Gasteiger partial charge in [-0.3, -0.25) is 9.69 Å². The number of nitrogens with zero attached hydrogens (tertiary/aromatic N) is 2. The molecule has 1 aliphatic rings. The van der Waals surface area contributed by atoms with Crippen molar-refractivity contribution in [3.63, 3.8) is 0 Å². The highest BCUT2D eigenvalue weighted by molar-refractivity contribution is 5.80. The molecule has 0 unspecified atom stereocenters. The second-order valence-corrected chi connectivity index (χ2v) is 6.34. The number of carbonyl (C=O) groups is 1. The molecule has 0 radical (unpaired) electrons. The van der Waals surface area contributed by atoms with Crippen LogP contribution in [0.15, 0.2) is 66.7 Å². The predicted molar refractivity (Wildman–Crippen MR) is 98.4 cm³/mol. The standard InChI is InChI=1S/C21H24N2O/c1-22(16-18-8-4-2-5-9-18)17-21(24)23-14-12-20(13-15-23)19-10-6-3-7-11-19/h2-12H,13-17H2,1H3. The van der Waals surface area contributed by atoms with Crippen LogP contribution in [0, 0.1) is 0 Å². The second-order valence-electron chi connectivity index (χ2n) is 6.34. The summed E-state index contributed by atoms with van der Waals surface area (Å²) in [6.45, 7) is 2.77. The van der Waals surface area contributed by atoms with Crippen molar-refractivity contribution in [3.05, 3.63) is 77.9 Å². The van der Waals surface area contributed by atoms with E-state index in [0.29, 0.717) is 13.1 Å². The van der Waals surface area contributed by atoms with Crippen molar-refractivity contribution in [2.75, 3.05) is 26.7 Å². The van der Waals surface area contributed by atoms with E-state index >= 15 is 0 Å². The monoisotopic (exact) mass is 320 g/mol. The van der Waals surface area contributed by atoms with Gasteiger partial charge in [0.05, 0.1) is 6.54 Å². The Morgan fingerprint density at radius 3 is 2.33 bits per heavy atom. The minimum Gasteiger partial charge on any atom is -0.338 e. The Morgan fingerprint density at radius 2 is 1.71 bits per heavy atom. The fourth-order valence-electron chi connectivity index (χ4n) is 3.09. The lowest BCUT2D eigenvalue weighted by molar-refractivity contribution is -0.131. The van der Waals surface area contributed by atoms with Gasteiger partial charge in [-0.2, -0.15) is 0 Å². The maximum atomic E-state index is 12.5. The van der Waals surface area contributed by atoms with Gasteiger partial charge in [0.15, 0.2) is 0 Å². The lowest BCUT2D eigenvalue weighted by Crippen LogP contribution is -2.40. The van der Waals surface area contributed by atoms with Gasteiger partial charge in [-0.05, 0) is 30.2 Å². The second kappa shape index (κ2) is 7.93. The molecule has 0 fully saturated rings. The molecule has 24 heavy (non-hydrogen) atoms. The Hall–Kier alpha value is -2.39. The third-order valence-electron chi connectivity index (χ3n) is 4.41. The Kier molecular flexibility index (Phi) is 5.44. The molecule has 0 aromatic heterocycles. The van der Waals surface area contributed by atoms with Gasteiger partial charge in [0.1, 0.15) is 0 Å².